The first-order valence-corrected chi connectivity index (χ1v) is 8.71. The molecule has 1 aliphatic carbocycles. The number of carboxylic acid groups (broad SMARTS) is 1. The lowest BCUT2D eigenvalue weighted by molar-refractivity contribution is -0.139. The second-order valence-corrected chi connectivity index (χ2v) is 6.89. The molecule has 1 N–H and O–H groups in total. The minimum atomic E-state index is -0.951. The molecule has 0 saturated heterocycles. The Morgan fingerprint density at radius 3 is 2.58 bits per heavy atom. The summed E-state index contributed by atoms with van der Waals surface area (Å²) in [5.41, 5.74) is 2.19. The van der Waals surface area contributed by atoms with Gasteiger partial charge in [0.25, 0.3) is 5.91 Å². The summed E-state index contributed by atoms with van der Waals surface area (Å²) in [6.45, 7) is 0. The number of benzene rings is 2. The molecule has 1 unspecified atom stereocenters. The van der Waals surface area contributed by atoms with Crippen molar-refractivity contribution in [3.8, 4) is 0 Å². The number of carboxylic acids is 1. The number of hydrogen-bond acceptors (Lipinski definition) is 2. The first-order valence-electron chi connectivity index (χ1n) is 8.33. The lowest BCUT2D eigenvalue weighted by Crippen LogP contribution is -2.21. The minimum absolute atomic E-state index is 0.273. The number of aromatic nitrogens is 1. The van der Waals surface area contributed by atoms with Gasteiger partial charge in [0.05, 0.1) is 11.4 Å². The highest BCUT2D eigenvalue weighted by atomic mass is 35.5. The van der Waals surface area contributed by atoms with Crippen LogP contribution in [0.4, 0.5) is 4.39 Å². The van der Waals surface area contributed by atoms with Crippen LogP contribution in [0.15, 0.2) is 42.5 Å². The van der Waals surface area contributed by atoms with Gasteiger partial charge in [-0.3, -0.25) is 14.2 Å². The molecule has 0 bridgehead atoms. The van der Waals surface area contributed by atoms with E-state index in [4.69, 9.17) is 11.6 Å². The van der Waals surface area contributed by atoms with Gasteiger partial charge in [-0.15, -0.1) is 0 Å². The van der Waals surface area contributed by atoms with Gasteiger partial charge in [0, 0.05) is 21.7 Å². The van der Waals surface area contributed by atoms with Crippen LogP contribution in [0, 0.1) is 5.82 Å². The van der Waals surface area contributed by atoms with Gasteiger partial charge < -0.3 is 5.11 Å². The zero-order valence-electron chi connectivity index (χ0n) is 13.7. The van der Waals surface area contributed by atoms with Gasteiger partial charge in [-0.05, 0) is 67.3 Å². The monoisotopic (exact) mass is 371 g/mol. The molecule has 1 aromatic heterocycles. The molecule has 1 aliphatic rings. The fourth-order valence-electron chi connectivity index (χ4n) is 3.79. The van der Waals surface area contributed by atoms with Crippen molar-refractivity contribution in [3.05, 3.63) is 70.1 Å². The predicted molar refractivity (Wildman–Crippen MR) is 96.4 cm³/mol. The van der Waals surface area contributed by atoms with Crippen LogP contribution in [0.2, 0.25) is 5.02 Å². The topological polar surface area (TPSA) is 59.3 Å². The van der Waals surface area contributed by atoms with Gasteiger partial charge >= 0.3 is 5.97 Å². The molecule has 132 valence electrons. The molecule has 2 aromatic carbocycles. The highest BCUT2D eigenvalue weighted by molar-refractivity contribution is 6.30. The summed E-state index contributed by atoms with van der Waals surface area (Å²) in [5.74, 6) is -2.41. The Morgan fingerprint density at radius 2 is 1.88 bits per heavy atom. The Hall–Kier alpha value is -2.66. The van der Waals surface area contributed by atoms with Crippen LogP contribution < -0.4 is 0 Å². The van der Waals surface area contributed by atoms with Crippen LogP contribution >= 0.6 is 11.6 Å². The SMILES string of the molecule is O=C(O)C1CCCc2c1c1cc(F)ccc1n2C(=O)c1ccc(Cl)cc1. The van der Waals surface area contributed by atoms with Crippen LogP contribution in [0.25, 0.3) is 10.9 Å². The fraction of sp³-hybridized carbons (Fsp3) is 0.200. The summed E-state index contributed by atoms with van der Waals surface area (Å²) in [6.07, 6.45) is 1.72. The standard InChI is InChI=1S/C20H15ClFNO3/c21-12-6-4-11(5-7-12)19(24)23-16-9-8-13(22)10-15(16)18-14(20(25)26)2-1-3-17(18)23/h4-10,14H,1-3H2,(H,25,26). The third kappa shape index (κ3) is 2.59. The molecule has 4 nitrogen and oxygen atoms in total. The number of rotatable bonds is 2. The van der Waals surface area contributed by atoms with E-state index in [2.05, 4.69) is 0 Å². The number of halogens is 2. The third-order valence-electron chi connectivity index (χ3n) is 4.92. The number of hydrogen-bond donors (Lipinski definition) is 1. The zero-order chi connectivity index (χ0) is 18.4. The van der Waals surface area contributed by atoms with E-state index in [9.17, 15) is 19.1 Å². The van der Waals surface area contributed by atoms with Crippen LogP contribution in [-0.4, -0.2) is 21.6 Å². The normalized spacial score (nSPS) is 16.5. The van der Waals surface area contributed by atoms with E-state index < -0.39 is 17.7 Å². The fourth-order valence-corrected chi connectivity index (χ4v) is 3.92. The Bertz CT molecular complexity index is 1040. The van der Waals surface area contributed by atoms with E-state index >= 15 is 0 Å². The molecule has 26 heavy (non-hydrogen) atoms. The average Bonchev–Trinajstić information content (AvgIpc) is 2.95. The quantitative estimate of drug-likeness (QED) is 0.714. The summed E-state index contributed by atoms with van der Waals surface area (Å²) in [5, 5.41) is 10.6. The van der Waals surface area contributed by atoms with Crippen LogP contribution in [0.5, 0.6) is 0 Å². The Morgan fingerprint density at radius 1 is 1.15 bits per heavy atom. The Balaban J connectivity index is 1.99. The van der Waals surface area contributed by atoms with Crippen molar-refractivity contribution in [2.24, 2.45) is 0 Å². The second kappa shape index (κ2) is 6.25. The average molecular weight is 372 g/mol. The number of nitrogens with zero attached hydrogens (tertiary/aromatic N) is 1. The maximum absolute atomic E-state index is 13.9. The molecular formula is C20H15ClFNO3. The van der Waals surface area contributed by atoms with Crippen molar-refractivity contribution in [2.75, 3.05) is 0 Å². The molecule has 1 atom stereocenters. The molecule has 0 aliphatic heterocycles. The van der Waals surface area contributed by atoms with E-state index in [-0.39, 0.29) is 5.91 Å². The molecule has 1 heterocycles. The van der Waals surface area contributed by atoms with Gasteiger partial charge in [-0.25, -0.2) is 4.39 Å². The molecule has 6 heteroatoms. The molecule has 3 aromatic rings. The first-order chi connectivity index (χ1) is 12.5. The molecule has 0 amide bonds. The molecule has 0 spiro atoms. The van der Waals surface area contributed by atoms with Crippen LogP contribution in [-0.2, 0) is 11.2 Å². The lowest BCUT2D eigenvalue weighted by atomic mass is 9.85. The van der Waals surface area contributed by atoms with E-state index in [1.807, 2.05) is 0 Å². The van der Waals surface area contributed by atoms with Crippen molar-refractivity contribution in [2.45, 2.75) is 25.2 Å². The van der Waals surface area contributed by atoms with Gasteiger partial charge in [-0.1, -0.05) is 11.6 Å². The van der Waals surface area contributed by atoms with Crippen LogP contribution in [0.1, 0.15) is 40.4 Å². The second-order valence-electron chi connectivity index (χ2n) is 6.45. The summed E-state index contributed by atoms with van der Waals surface area (Å²) in [4.78, 5) is 24.9. The molecule has 4 rings (SSSR count). The summed E-state index contributed by atoms with van der Waals surface area (Å²) in [7, 11) is 0. The number of fused-ring (bicyclic) bond motifs is 3. The first kappa shape index (κ1) is 16.8. The maximum atomic E-state index is 13.9. The van der Waals surface area contributed by atoms with Crippen molar-refractivity contribution >= 4 is 34.4 Å². The van der Waals surface area contributed by atoms with E-state index in [0.717, 1.165) is 0 Å². The summed E-state index contributed by atoms with van der Waals surface area (Å²) < 4.78 is 15.4. The van der Waals surface area contributed by atoms with Crippen molar-refractivity contribution in [1.29, 1.82) is 0 Å². The Kier molecular flexibility index (Phi) is 4.04. The zero-order valence-corrected chi connectivity index (χ0v) is 14.5. The molecule has 0 fully saturated rings. The largest absolute Gasteiger partial charge is 0.481 e. The van der Waals surface area contributed by atoms with Gasteiger partial charge in [0.15, 0.2) is 0 Å². The van der Waals surface area contributed by atoms with E-state index in [0.29, 0.717) is 52.0 Å². The van der Waals surface area contributed by atoms with Crippen LogP contribution in [0.3, 0.4) is 0 Å². The number of carbonyl (C=O) groups is 2. The maximum Gasteiger partial charge on any atom is 0.311 e. The molecule has 0 radical (unpaired) electrons. The molecular weight excluding hydrogens is 357 g/mol. The van der Waals surface area contributed by atoms with E-state index in [1.165, 1.54) is 22.8 Å². The van der Waals surface area contributed by atoms with Gasteiger partial charge in [0.1, 0.15) is 5.82 Å². The smallest absolute Gasteiger partial charge is 0.311 e. The predicted octanol–water partition coefficient (Wildman–Crippen LogP) is 4.63. The minimum Gasteiger partial charge on any atom is -0.481 e. The van der Waals surface area contributed by atoms with E-state index in [1.54, 1.807) is 24.3 Å². The van der Waals surface area contributed by atoms with Crippen molar-refractivity contribution < 1.29 is 19.1 Å². The molecule has 0 saturated carbocycles. The van der Waals surface area contributed by atoms with Gasteiger partial charge in [0.2, 0.25) is 0 Å². The summed E-state index contributed by atoms with van der Waals surface area (Å²) >= 11 is 5.90. The number of carbonyl (C=O) groups excluding carboxylic acids is 1. The lowest BCUT2D eigenvalue weighted by Gasteiger charge is -2.21. The third-order valence-corrected chi connectivity index (χ3v) is 5.17. The number of aliphatic carboxylic acids is 1. The van der Waals surface area contributed by atoms with Crippen molar-refractivity contribution in [3.63, 3.8) is 0 Å². The highest BCUT2D eigenvalue weighted by Crippen LogP contribution is 2.40. The van der Waals surface area contributed by atoms with Gasteiger partial charge in [-0.2, -0.15) is 0 Å². The Labute approximate surface area is 153 Å². The summed E-state index contributed by atoms with van der Waals surface area (Å²) in [6, 6.07) is 10.7. The highest BCUT2D eigenvalue weighted by Gasteiger charge is 2.33. The van der Waals surface area contributed by atoms with Crippen molar-refractivity contribution in [1.82, 2.24) is 4.57 Å².